The van der Waals surface area contributed by atoms with Gasteiger partial charge in [-0.3, -0.25) is 0 Å². The van der Waals surface area contributed by atoms with Gasteiger partial charge in [-0.05, 0) is 26.3 Å². The van der Waals surface area contributed by atoms with E-state index in [1.54, 1.807) is 0 Å². The van der Waals surface area contributed by atoms with Gasteiger partial charge in [0.05, 0.1) is 5.69 Å². The molecule has 1 aliphatic rings. The number of aromatic nitrogens is 2. The second-order valence-electron chi connectivity index (χ2n) is 3.86. The number of H-pyrrole nitrogens is 1. The summed E-state index contributed by atoms with van der Waals surface area (Å²) in [5.74, 6) is 1.89. The Labute approximate surface area is 78.7 Å². The fourth-order valence-electron chi connectivity index (χ4n) is 1.78. The van der Waals surface area contributed by atoms with Gasteiger partial charge in [-0.25, -0.2) is 4.98 Å². The molecule has 1 heterocycles. The molecule has 72 valence electrons. The Morgan fingerprint density at radius 3 is 2.85 bits per heavy atom. The SMILES string of the molecule is Cc1[nH]c(C2CCC2)nc1CCN. The van der Waals surface area contributed by atoms with E-state index in [1.165, 1.54) is 30.8 Å². The van der Waals surface area contributed by atoms with Crippen molar-refractivity contribution in [1.29, 1.82) is 0 Å². The Morgan fingerprint density at radius 1 is 1.54 bits per heavy atom. The second kappa shape index (κ2) is 3.50. The van der Waals surface area contributed by atoms with E-state index in [-0.39, 0.29) is 0 Å². The maximum Gasteiger partial charge on any atom is 0.109 e. The summed E-state index contributed by atoms with van der Waals surface area (Å²) >= 11 is 0. The third kappa shape index (κ3) is 1.61. The molecule has 3 N–H and O–H groups in total. The van der Waals surface area contributed by atoms with Gasteiger partial charge in [-0.2, -0.15) is 0 Å². The number of nitrogens with two attached hydrogens (primary N) is 1. The summed E-state index contributed by atoms with van der Waals surface area (Å²) in [6.45, 7) is 2.77. The lowest BCUT2D eigenvalue weighted by Crippen LogP contribution is -2.10. The number of nitrogens with one attached hydrogen (secondary N) is 1. The van der Waals surface area contributed by atoms with Crippen molar-refractivity contribution in [3.63, 3.8) is 0 Å². The van der Waals surface area contributed by atoms with Gasteiger partial charge < -0.3 is 10.7 Å². The molecule has 2 rings (SSSR count). The first kappa shape index (κ1) is 8.75. The number of hydrogen-bond acceptors (Lipinski definition) is 2. The van der Waals surface area contributed by atoms with Gasteiger partial charge in [-0.1, -0.05) is 6.42 Å². The van der Waals surface area contributed by atoms with Gasteiger partial charge >= 0.3 is 0 Å². The topological polar surface area (TPSA) is 54.7 Å². The standard InChI is InChI=1S/C10H17N3/c1-7-9(5-6-11)13-10(12-7)8-3-2-4-8/h8H,2-6,11H2,1H3,(H,12,13). The zero-order valence-corrected chi connectivity index (χ0v) is 8.14. The minimum absolute atomic E-state index is 0.690. The van der Waals surface area contributed by atoms with E-state index in [9.17, 15) is 0 Å². The molecule has 0 aliphatic heterocycles. The molecule has 1 aromatic heterocycles. The first-order chi connectivity index (χ1) is 6.31. The third-order valence-electron chi connectivity index (χ3n) is 2.88. The molecule has 0 amide bonds. The zero-order chi connectivity index (χ0) is 9.26. The molecule has 0 aromatic carbocycles. The maximum atomic E-state index is 5.51. The molecule has 1 saturated carbocycles. The summed E-state index contributed by atoms with van der Waals surface area (Å²) in [4.78, 5) is 7.95. The lowest BCUT2D eigenvalue weighted by Gasteiger charge is -2.22. The number of aryl methyl sites for hydroxylation is 1. The van der Waals surface area contributed by atoms with Gasteiger partial charge in [0, 0.05) is 18.0 Å². The van der Waals surface area contributed by atoms with Crippen molar-refractivity contribution in [2.24, 2.45) is 5.73 Å². The van der Waals surface area contributed by atoms with Gasteiger partial charge in [0.2, 0.25) is 0 Å². The van der Waals surface area contributed by atoms with Crippen LogP contribution in [0.4, 0.5) is 0 Å². The molecule has 0 unspecified atom stereocenters. The zero-order valence-electron chi connectivity index (χ0n) is 8.14. The summed E-state index contributed by atoms with van der Waals surface area (Å²) in [7, 11) is 0. The quantitative estimate of drug-likeness (QED) is 0.738. The molecule has 0 spiro atoms. The van der Waals surface area contributed by atoms with Crippen molar-refractivity contribution < 1.29 is 0 Å². The molecule has 0 bridgehead atoms. The van der Waals surface area contributed by atoms with Crippen molar-refractivity contribution in [1.82, 2.24) is 9.97 Å². The van der Waals surface area contributed by atoms with Crippen LogP contribution in [0.2, 0.25) is 0 Å². The van der Waals surface area contributed by atoms with E-state index in [0.717, 1.165) is 12.1 Å². The Balaban J connectivity index is 2.14. The van der Waals surface area contributed by atoms with Crippen LogP contribution in [0.3, 0.4) is 0 Å². The maximum absolute atomic E-state index is 5.51. The fourth-order valence-corrected chi connectivity index (χ4v) is 1.78. The average molecular weight is 179 g/mol. The van der Waals surface area contributed by atoms with Crippen molar-refractivity contribution in [3.8, 4) is 0 Å². The van der Waals surface area contributed by atoms with Gasteiger partial charge in [0.15, 0.2) is 0 Å². The minimum atomic E-state index is 0.690. The summed E-state index contributed by atoms with van der Waals surface area (Å²) in [5.41, 5.74) is 7.87. The largest absolute Gasteiger partial charge is 0.346 e. The number of aromatic amines is 1. The van der Waals surface area contributed by atoms with E-state index < -0.39 is 0 Å². The highest BCUT2D eigenvalue weighted by Crippen LogP contribution is 2.34. The minimum Gasteiger partial charge on any atom is -0.346 e. The van der Waals surface area contributed by atoms with Gasteiger partial charge in [0.25, 0.3) is 0 Å². The monoisotopic (exact) mass is 179 g/mol. The summed E-state index contributed by atoms with van der Waals surface area (Å²) in [6.07, 6.45) is 4.86. The van der Waals surface area contributed by atoms with Crippen LogP contribution in [-0.2, 0) is 6.42 Å². The molecular formula is C10H17N3. The Kier molecular flexibility index (Phi) is 2.36. The van der Waals surface area contributed by atoms with Crippen molar-refractivity contribution >= 4 is 0 Å². The predicted molar refractivity (Wildman–Crippen MR) is 52.7 cm³/mol. The average Bonchev–Trinajstić information content (AvgIpc) is 2.30. The van der Waals surface area contributed by atoms with Crippen LogP contribution in [0.15, 0.2) is 0 Å². The molecule has 0 saturated heterocycles. The molecule has 13 heavy (non-hydrogen) atoms. The Morgan fingerprint density at radius 2 is 2.31 bits per heavy atom. The van der Waals surface area contributed by atoms with Crippen LogP contribution in [0, 0.1) is 6.92 Å². The fraction of sp³-hybridized carbons (Fsp3) is 0.700. The Hall–Kier alpha value is -0.830. The van der Waals surface area contributed by atoms with Crippen LogP contribution >= 0.6 is 0 Å². The highest BCUT2D eigenvalue weighted by atomic mass is 14.9. The third-order valence-corrected chi connectivity index (χ3v) is 2.88. The molecular weight excluding hydrogens is 162 g/mol. The smallest absolute Gasteiger partial charge is 0.109 e. The van der Waals surface area contributed by atoms with Crippen LogP contribution in [0.1, 0.15) is 42.4 Å². The van der Waals surface area contributed by atoms with E-state index in [0.29, 0.717) is 12.5 Å². The second-order valence-corrected chi connectivity index (χ2v) is 3.86. The van der Waals surface area contributed by atoms with Crippen molar-refractivity contribution in [3.05, 3.63) is 17.2 Å². The molecule has 1 fully saturated rings. The first-order valence-electron chi connectivity index (χ1n) is 5.06. The van der Waals surface area contributed by atoms with Gasteiger partial charge in [-0.15, -0.1) is 0 Å². The lowest BCUT2D eigenvalue weighted by molar-refractivity contribution is 0.403. The molecule has 1 aliphatic carbocycles. The van der Waals surface area contributed by atoms with Crippen LogP contribution in [0.25, 0.3) is 0 Å². The summed E-state index contributed by atoms with van der Waals surface area (Å²) in [5, 5.41) is 0. The summed E-state index contributed by atoms with van der Waals surface area (Å²) in [6, 6.07) is 0. The highest BCUT2D eigenvalue weighted by Gasteiger charge is 2.22. The Bertz CT molecular complexity index is 286. The van der Waals surface area contributed by atoms with Crippen LogP contribution < -0.4 is 5.73 Å². The van der Waals surface area contributed by atoms with E-state index in [4.69, 9.17) is 5.73 Å². The normalized spacial score (nSPS) is 17.4. The number of rotatable bonds is 3. The molecule has 3 heteroatoms. The summed E-state index contributed by atoms with van der Waals surface area (Å²) < 4.78 is 0. The number of hydrogen-bond donors (Lipinski definition) is 2. The molecule has 0 radical (unpaired) electrons. The van der Waals surface area contributed by atoms with Crippen LogP contribution in [-0.4, -0.2) is 16.5 Å². The first-order valence-corrected chi connectivity index (χ1v) is 5.06. The molecule has 3 nitrogen and oxygen atoms in total. The van der Waals surface area contributed by atoms with Crippen molar-refractivity contribution in [2.45, 2.75) is 38.5 Å². The van der Waals surface area contributed by atoms with Gasteiger partial charge in [0.1, 0.15) is 5.82 Å². The highest BCUT2D eigenvalue weighted by molar-refractivity contribution is 5.16. The lowest BCUT2D eigenvalue weighted by atomic mass is 9.85. The van der Waals surface area contributed by atoms with Crippen molar-refractivity contribution in [2.75, 3.05) is 6.54 Å². The van der Waals surface area contributed by atoms with Crippen LogP contribution in [0.5, 0.6) is 0 Å². The van der Waals surface area contributed by atoms with E-state index in [1.807, 2.05) is 0 Å². The predicted octanol–water partition coefficient (Wildman–Crippen LogP) is 1.49. The van der Waals surface area contributed by atoms with E-state index in [2.05, 4.69) is 16.9 Å². The number of imidazole rings is 1. The molecule has 0 atom stereocenters. The van der Waals surface area contributed by atoms with E-state index >= 15 is 0 Å². The molecule has 1 aromatic rings. The number of nitrogens with zero attached hydrogens (tertiary/aromatic N) is 1.